The van der Waals surface area contributed by atoms with Gasteiger partial charge in [-0.3, -0.25) is 18.9 Å². The van der Waals surface area contributed by atoms with Crippen LogP contribution in [0.4, 0.5) is 0 Å². The van der Waals surface area contributed by atoms with E-state index in [0.717, 1.165) is 0 Å². The molecule has 1 fully saturated rings. The minimum absolute atomic E-state index is 0.616. The first-order valence-corrected chi connectivity index (χ1v) is 6.39. The predicted molar refractivity (Wildman–Crippen MR) is 68.6 cm³/mol. The molecule has 3 atom stereocenters. The van der Waals surface area contributed by atoms with E-state index in [-0.39, 0.29) is 0 Å². The molecule has 0 spiro atoms. The average molecular weight is 337 g/mol. The summed E-state index contributed by atoms with van der Waals surface area (Å²) < 4.78 is 120. The summed E-state index contributed by atoms with van der Waals surface area (Å²) in [6.07, 6.45) is -18.4. The molecule has 21 heavy (non-hydrogen) atoms. The van der Waals surface area contributed by atoms with Crippen molar-refractivity contribution in [1.29, 1.82) is 1.43 Å². The third-order valence-corrected chi connectivity index (χ3v) is 2.24. The van der Waals surface area contributed by atoms with Crippen LogP contribution in [0, 0.1) is 6.85 Å². The zero-order chi connectivity index (χ0) is 27.1. The number of hydrogen-bond acceptors (Lipinski definition) is 6. The Bertz CT molecular complexity index is 1180. The van der Waals surface area contributed by atoms with Crippen LogP contribution in [0.25, 0.3) is 0 Å². The fraction of sp³-hybridized carbons (Fsp3) is 0.600. The molecule has 0 bridgehead atoms. The Morgan fingerprint density at radius 3 is 3.29 bits per heavy atom. The lowest BCUT2D eigenvalue weighted by molar-refractivity contribution is -0.0451. The van der Waals surface area contributed by atoms with E-state index < -0.39 is 78.5 Å². The lowest BCUT2D eigenvalue weighted by Gasteiger charge is -2.16. The molecular formula is C10H15N2O8P. The molecule has 0 radical (unpaired) electrons. The van der Waals surface area contributed by atoms with Gasteiger partial charge in [0.2, 0.25) is 1.43 Å². The molecule has 0 aromatic carbocycles. The van der Waals surface area contributed by atoms with Gasteiger partial charge >= 0.3 is 13.5 Å². The van der Waals surface area contributed by atoms with Crippen LogP contribution in [0.1, 0.15) is 33.2 Å². The van der Waals surface area contributed by atoms with E-state index in [2.05, 4.69) is 14.4 Å². The summed E-state index contributed by atoms with van der Waals surface area (Å²) in [6, 6.07) is 0. The Morgan fingerprint density at radius 2 is 2.67 bits per heavy atom. The zero-order valence-corrected chi connectivity index (χ0v) is 10.6. The smallest absolute Gasteiger partial charge is 0.390 e. The number of phosphoric ester groups is 1. The van der Waals surface area contributed by atoms with Crippen molar-refractivity contribution in [3.05, 3.63) is 32.6 Å². The van der Waals surface area contributed by atoms with Gasteiger partial charge in [-0.1, -0.05) is 0 Å². The Balaban J connectivity index is 3.04. The largest absolute Gasteiger partial charge is 0.469 e. The maximum Gasteiger partial charge on any atom is 0.469 e. The van der Waals surface area contributed by atoms with Crippen LogP contribution in [0.3, 0.4) is 0 Å². The maximum absolute atomic E-state index is 12.6. The summed E-state index contributed by atoms with van der Waals surface area (Å²) >= 11 is 0. The van der Waals surface area contributed by atoms with Gasteiger partial charge in [-0.2, -0.15) is 0 Å². The van der Waals surface area contributed by atoms with Crippen molar-refractivity contribution in [2.45, 2.75) is 31.6 Å². The van der Waals surface area contributed by atoms with Crippen molar-refractivity contribution in [3.63, 3.8) is 0 Å². The number of aliphatic hydroxyl groups is 1. The van der Waals surface area contributed by atoms with Crippen LogP contribution in [0.2, 0.25) is 1.41 Å². The number of nitrogens with zero attached hydrogens (tertiary/aromatic N) is 1. The van der Waals surface area contributed by atoms with E-state index in [4.69, 9.17) is 27.7 Å². The molecule has 0 unspecified atom stereocenters. The molecule has 0 saturated carbocycles. The Morgan fingerprint density at radius 1 is 1.90 bits per heavy atom. The second-order valence-electron chi connectivity index (χ2n) is 3.40. The van der Waals surface area contributed by atoms with Gasteiger partial charge in [0.15, 0.2) is 1.41 Å². The zero-order valence-electron chi connectivity index (χ0n) is 22.7. The average Bonchev–Trinajstić information content (AvgIpc) is 2.73. The first-order chi connectivity index (χ1) is 14.9. The molecule has 2 heterocycles. The Kier molecular flexibility index (Phi) is 1.69. The van der Waals surface area contributed by atoms with E-state index in [1.165, 1.54) is 0 Å². The molecule has 1 saturated heterocycles. The SMILES string of the molecule is [2H]O[C@@]1([2H])C([2H])([2H])[C@]([2H])([15n]2c([2H])c(C([2H])([2H])[2H])c(=O)[15n]([2H])c2=O)O[C@]1([2H])C([2H])([2H])OP(=O)(O)O. The summed E-state index contributed by atoms with van der Waals surface area (Å²) in [4.78, 5) is 41.8. The van der Waals surface area contributed by atoms with Crippen LogP contribution < -0.4 is 11.2 Å². The summed E-state index contributed by atoms with van der Waals surface area (Å²) in [6.45, 7) is -7.81. The Hall–Kier alpha value is -1.29. The predicted octanol–water partition coefficient (Wildman–Crippen LogP) is -1.40. The second-order valence-corrected chi connectivity index (χ2v) is 4.56. The van der Waals surface area contributed by atoms with E-state index in [1.54, 1.807) is 0 Å². The quantitative estimate of drug-likeness (QED) is 0.479. The standard InChI is InChI=1S/C10H15N2O8P/c1-5-3-12(10(15)11-9(5)14)8-2-6(13)7(20-8)4-19-21(16,17)18/h3,6-8,13H,2,4H2,1H3,(H,11,14,15)(H2,16,17,18)/t6-,7+,8+/m0/s1/i1D3,2D2,3D,4D2,6D,7D,8D,11+1,12+1,13D/hD. The van der Waals surface area contributed by atoms with Gasteiger partial charge < -0.3 is 19.6 Å². The van der Waals surface area contributed by atoms with Crippen LogP contribution in [0.15, 0.2) is 15.8 Å². The number of rotatable bonds is 5. The number of nitrogens with one attached hydrogen (secondary N) is 1. The number of H-pyrrole nitrogens is 1. The monoisotopic (exact) mass is 337 g/mol. The van der Waals surface area contributed by atoms with Crippen molar-refractivity contribution in [2.75, 3.05) is 6.56 Å². The lowest BCUT2D eigenvalue weighted by Crippen LogP contribution is -2.33. The highest BCUT2D eigenvalue weighted by Gasteiger charge is 2.37. The second kappa shape index (κ2) is 5.84. The number of phosphoric acid groups is 1. The van der Waals surface area contributed by atoms with Crippen molar-refractivity contribution in [2.24, 2.45) is 0 Å². The van der Waals surface area contributed by atoms with Gasteiger partial charge in [-0.25, -0.2) is 9.36 Å². The van der Waals surface area contributed by atoms with E-state index in [0.29, 0.717) is 0 Å². The summed E-state index contributed by atoms with van der Waals surface area (Å²) in [7, 11) is -5.88. The number of aromatic amines is 1. The minimum Gasteiger partial charge on any atom is -0.390 e. The molecular weight excluding hydrogens is 309 g/mol. The van der Waals surface area contributed by atoms with Gasteiger partial charge in [0.25, 0.3) is 5.56 Å². The molecule has 1 aliphatic heterocycles. The number of hydrogen-bond donors (Lipinski definition) is 4. The van der Waals surface area contributed by atoms with Gasteiger partial charge in [-0.05, 0) is 6.85 Å². The van der Waals surface area contributed by atoms with E-state index in [1.807, 2.05) is 0 Å². The van der Waals surface area contributed by atoms with Crippen molar-refractivity contribution in [1.82, 2.24) is 9.54 Å². The highest BCUT2D eigenvalue weighted by molar-refractivity contribution is 7.46. The van der Waals surface area contributed by atoms with Gasteiger partial charge in [0.05, 0.1) is 20.9 Å². The van der Waals surface area contributed by atoms with E-state index >= 15 is 0 Å². The number of aromatic nitrogens is 2. The first kappa shape index (κ1) is 6.07. The molecule has 118 valence electrons. The molecule has 1 aromatic rings. The van der Waals surface area contributed by atoms with Crippen LogP contribution >= 0.6 is 7.82 Å². The molecule has 1 aliphatic rings. The first-order valence-electron chi connectivity index (χ1n) is 11.2. The van der Waals surface area contributed by atoms with E-state index in [9.17, 15) is 14.2 Å². The van der Waals surface area contributed by atoms with Crippen LogP contribution in [-0.2, 0) is 13.8 Å². The van der Waals surface area contributed by atoms with Gasteiger partial charge in [0, 0.05) is 25.0 Å². The Labute approximate surface area is 136 Å². The summed E-state index contributed by atoms with van der Waals surface area (Å²) in [5, 5.41) is 3.81. The molecule has 2 rings (SSSR count). The van der Waals surface area contributed by atoms with Crippen molar-refractivity contribution < 1.29 is 45.2 Å². The third kappa shape index (κ3) is 3.88. The topological polar surface area (TPSA) is 151 Å². The van der Waals surface area contributed by atoms with Crippen molar-refractivity contribution >= 4 is 7.82 Å². The molecule has 0 amide bonds. The van der Waals surface area contributed by atoms with Gasteiger partial charge in [-0.15, -0.1) is 0 Å². The molecule has 1 aromatic heterocycles. The van der Waals surface area contributed by atoms with Crippen LogP contribution in [0.5, 0.6) is 0 Å². The van der Waals surface area contributed by atoms with Crippen molar-refractivity contribution in [3.8, 4) is 0 Å². The highest BCUT2D eigenvalue weighted by atomic mass is 31.2. The molecule has 10 nitrogen and oxygen atoms in total. The number of ether oxygens (including phenoxy) is 1. The minimum atomic E-state index is -5.88. The summed E-state index contributed by atoms with van der Waals surface area (Å²) in [5.74, 6) is 0. The third-order valence-electron chi connectivity index (χ3n) is 1.91. The molecule has 11 heteroatoms. The van der Waals surface area contributed by atoms with Crippen LogP contribution in [-0.4, -0.2) is 44.6 Å². The fourth-order valence-electron chi connectivity index (χ4n) is 1.13. The highest BCUT2D eigenvalue weighted by Crippen LogP contribution is 2.38. The fourth-order valence-corrected chi connectivity index (χ4v) is 1.33. The normalized spacial score (nSPS) is 49.3. The molecule has 0 aliphatic carbocycles. The lowest BCUT2D eigenvalue weighted by atomic mass is 10.2. The van der Waals surface area contributed by atoms with Gasteiger partial charge in [0.1, 0.15) is 12.3 Å². The maximum atomic E-state index is 12.6. The molecule has 4 N–H and O–H groups in total. The summed E-state index contributed by atoms with van der Waals surface area (Å²) in [5.41, 5.74) is -5.60.